The Bertz CT molecular complexity index is 1480. The Hall–Kier alpha value is -5.10. The maximum Gasteiger partial charge on any atom is 0.422 e. The van der Waals surface area contributed by atoms with E-state index < -0.39 is 55.2 Å². The molecule has 0 unspecified atom stereocenters. The first-order valence-corrected chi connectivity index (χ1v) is 13.6. The number of fused-ring (bicyclic) bond motifs is 1. The zero-order chi connectivity index (χ0) is 32.3. The van der Waals surface area contributed by atoms with Crippen LogP contribution in [0.5, 0.6) is 0 Å². The molecule has 5 rings (SSSR count). The van der Waals surface area contributed by atoms with Crippen molar-refractivity contribution in [3.8, 4) is 0 Å². The van der Waals surface area contributed by atoms with Crippen LogP contribution in [-0.4, -0.2) is 110 Å². The fraction of sp³-hybridized carbons (Fsp3) is 0.423. The zero-order valence-electron chi connectivity index (χ0n) is 23.4. The highest BCUT2D eigenvalue weighted by atomic mass is 19.4. The Morgan fingerprint density at radius 1 is 1.09 bits per heavy atom. The molecule has 0 saturated carbocycles. The van der Waals surface area contributed by atoms with Gasteiger partial charge in [0.15, 0.2) is 18.2 Å². The number of alkyl halides is 3. The lowest BCUT2D eigenvalue weighted by Gasteiger charge is -2.36. The fourth-order valence-corrected chi connectivity index (χ4v) is 4.85. The number of piperazine rings is 1. The number of anilines is 3. The first kappa shape index (κ1) is 31.3. The van der Waals surface area contributed by atoms with Crippen LogP contribution < -0.4 is 25.8 Å². The summed E-state index contributed by atoms with van der Waals surface area (Å²) in [6.45, 7) is -1.73. The Balaban J connectivity index is 1.10. The van der Waals surface area contributed by atoms with Crippen LogP contribution in [0.4, 0.5) is 48.9 Å². The van der Waals surface area contributed by atoms with E-state index in [0.29, 0.717) is 12.5 Å². The number of benzene rings is 1. The smallest absolute Gasteiger partial charge is 0.422 e. The molecule has 2 fully saturated rings. The van der Waals surface area contributed by atoms with E-state index >= 15 is 8.78 Å². The first-order valence-electron chi connectivity index (χ1n) is 13.6. The van der Waals surface area contributed by atoms with Crippen LogP contribution in [0, 0.1) is 11.6 Å². The van der Waals surface area contributed by atoms with Crippen LogP contribution in [-0.2, 0) is 14.3 Å². The maximum absolute atomic E-state index is 15.1. The average molecular weight is 643 g/mol. The van der Waals surface area contributed by atoms with Gasteiger partial charge in [0, 0.05) is 57.3 Å². The number of amides is 4. The van der Waals surface area contributed by atoms with Crippen molar-refractivity contribution < 1.29 is 50.6 Å². The Labute approximate surface area is 251 Å². The van der Waals surface area contributed by atoms with Gasteiger partial charge in [-0.3, -0.25) is 19.1 Å². The highest BCUT2D eigenvalue weighted by Gasteiger charge is 2.35. The lowest BCUT2D eigenvalue weighted by Crippen LogP contribution is -2.51. The zero-order valence-corrected chi connectivity index (χ0v) is 23.4. The second kappa shape index (κ2) is 12.9. The van der Waals surface area contributed by atoms with Gasteiger partial charge in [-0.15, -0.1) is 0 Å². The molecule has 2 saturated heterocycles. The second-order valence-electron chi connectivity index (χ2n) is 10.1. The number of rotatable bonds is 8. The van der Waals surface area contributed by atoms with Gasteiger partial charge in [0.25, 0.3) is 5.91 Å². The van der Waals surface area contributed by atoms with Crippen molar-refractivity contribution in [2.75, 3.05) is 74.1 Å². The Kier molecular flexibility index (Phi) is 8.96. The highest BCUT2D eigenvalue weighted by Crippen LogP contribution is 2.31. The van der Waals surface area contributed by atoms with E-state index in [1.807, 2.05) is 11.4 Å². The van der Waals surface area contributed by atoms with E-state index in [1.54, 1.807) is 10.8 Å². The number of halogens is 5. The standard InChI is InChI=1S/C26H27F5N8O6/c27-17-8-15(39-12-16(45-25(39)43)10-34-24(42)44-14-26(29,30)31)9-18(28)21(17)37-6-4-36(5-7-37)20(40)11-33-22(41)19-13-38-3-1-2-32-23(38)35-19/h1,3,8-9,13,16H,2,4-7,10-12,14H2,(H,32,35)(H,33,41)(H,34,42)/t16-/m0/s1. The van der Waals surface area contributed by atoms with Crippen LogP contribution in [0.15, 0.2) is 24.4 Å². The molecule has 1 aromatic heterocycles. The monoisotopic (exact) mass is 642 g/mol. The summed E-state index contributed by atoms with van der Waals surface area (Å²) >= 11 is 0. The first-order chi connectivity index (χ1) is 21.4. The molecule has 3 aliphatic heterocycles. The van der Waals surface area contributed by atoms with Gasteiger partial charge in [0.1, 0.15) is 17.5 Å². The van der Waals surface area contributed by atoms with Crippen LogP contribution in [0.25, 0.3) is 6.20 Å². The number of nitrogens with zero attached hydrogens (tertiary/aromatic N) is 5. The summed E-state index contributed by atoms with van der Waals surface area (Å²) in [7, 11) is 0. The summed E-state index contributed by atoms with van der Waals surface area (Å²) in [5.74, 6) is -2.37. The van der Waals surface area contributed by atoms with Crippen LogP contribution >= 0.6 is 0 Å². The number of cyclic esters (lactones) is 1. The summed E-state index contributed by atoms with van der Waals surface area (Å²) in [4.78, 5) is 56.8. The summed E-state index contributed by atoms with van der Waals surface area (Å²) in [6.07, 6.45) is -2.95. The van der Waals surface area contributed by atoms with E-state index in [0.717, 1.165) is 17.0 Å². The third kappa shape index (κ3) is 7.52. The van der Waals surface area contributed by atoms with Crippen molar-refractivity contribution in [3.05, 3.63) is 41.7 Å². The predicted molar refractivity (Wildman–Crippen MR) is 147 cm³/mol. The lowest BCUT2D eigenvalue weighted by molar-refractivity contribution is -0.160. The molecule has 1 aromatic carbocycles. The van der Waals surface area contributed by atoms with Gasteiger partial charge < -0.3 is 35.2 Å². The number of hydrogen-bond donors (Lipinski definition) is 3. The maximum atomic E-state index is 15.1. The van der Waals surface area contributed by atoms with Crippen molar-refractivity contribution in [2.45, 2.75) is 12.3 Å². The molecule has 0 spiro atoms. The lowest BCUT2D eigenvalue weighted by atomic mass is 10.2. The van der Waals surface area contributed by atoms with Crippen LogP contribution in [0.2, 0.25) is 0 Å². The van der Waals surface area contributed by atoms with Gasteiger partial charge in [-0.25, -0.2) is 23.4 Å². The molecule has 0 bridgehead atoms. The average Bonchev–Trinajstić information content (AvgIpc) is 3.60. The summed E-state index contributed by atoms with van der Waals surface area (Å²) in [6, 6.07) is 1.86. The van der Waals surface area contributed by atoms with Gasteiger partial charge in [-0.2, -0.15) is 13.2 Å². The minimum atomic E-state index is -4.71. The van der Waals surface area contributed by atoms with E-state index in [1.165, 1.54) is 16.0 Å². The van der Waals surface area contributed by atoms with E-state index in [9.17, 15) is 32.3 Å². The van der Waals surface area contributed by atoms with Crippen molar-refractivity contribution >= 4 is 47.5 Å². The quantitative estimate of drug-likeness (QED) is 0.366. The third-order valence-electron chi connectivity index (χ3n) is 6.99. The molecule has 45 heavy (non-hydrogen) atoms. The molecule has 3 N–H and O–H groups in total. The van der Waals surface area contributed by atoms with Gasteiger partial charge in [-0.1, -0.05) is 0 Å². The van der Waals surface area contributed by atoms with Gasteiger partial charge in [0.05, 0.1) is 25.3 Å². The fourth-order valence-electron chi connectivity index (χ4n) is 4.85. The number of ether oxygens (including phenoxy) is 2. The van der Waals surface area contributed by atoms with Crippen molar-refractivity contribution in [1.29, 1.82) is 0 Å². The molecular weight excluding hydrogens is 615 g/mol. The molecule has 19 heteroatoms. The molecule has 0 radical (unpaired) electrons. The topological polar surface area (TPSA) is 150 Å². The minimum Gasteiger partial charge on any atom is -0.442 e. The molecule has 242 valence electrons. The number of carbonyl (C=O) groups is 4. The van der Waals surface area contributed by atoms with Gasteiger partial charge in [0.2, 0.25) is 11.9 Å². The number of alkyl carbamates (subject to hydrolysis) is 1. The van der Waals surface area contributed by atoms with E-state index in [2.05, 4.69) is 20.4 Å². The van der Waals surface area contributed by atoms with Crippen molar-refractivity contribution in [1.82, 2.24) is 25.1 Å². The number of carbonyl (C=O) groups excluding carboxylic acids is 4. The molecule has 1 atom stereocenters. The molecular formula is C26H27F5N8O6. The van der Waals surface area contributed by atoms with E-state index in [-0.39, 0.29) is 62.2 Å². The minimum absolute atomic E-state index is 0.0859. The summed E-state index contributed by atoms with van der Waals surface area (Å²) in [5.41, 5.74) is -0.394. The molecule has 0 aliphatic carbocycles. The van der Waals surface area contributed by atoms with Crippen LogP contribution in [0.1, 0.15) is 10.5 Å². The predicted octanol–water partition coefficient (Wildman–Crippen LogP) is 1.75. The number of imidazole rings is 1. The largest absolute Gasteiger partial charge is 0.442 e. The number of aromatic nitrogens is 2. The van der Waals surface area contributed by atoms with Crippen LogP contribution in [0.3, 0.4) is 0 Å². The molecule has 4 heterocycles. The normalized spacial score (nSPS) is 17.8. The van der Waals surface area contributed by atoms with Gasteiger partial charge in [-0.05, 0) is 6.08 Å². The Morgan fingerprint density at radius 2 is 1.80 bits per heavy atom. The Morgan fingerprint density at radius 3 is 2.47 bits per heavy atom. The molecule has 2 aromatic rings. The number of nitrogens with one attached hydrogen (secondary N) is 3. The SMILES string of the molecule is O=C(NC[C@H]1CN(c2cc(F)c(N3CCN(C(=O)CNC(=O)c4cn5c(n4)NCC=C5)CC3)c(F)c2)C(=O)O1)OCC(F)(F)F. The summed E-state index contributed by atoms with van der Waals surface area (Å²) in [5, 5.41) is 7.56. The molecule has 4 amide bonds. The second-order valence-corrected chi connectivity index (χ2v) is 10.1. The molecule has 14 nitrogen and oxygen atoms in total. The third-order valence-corrected chi connectivity index (χ3v) is 6.99. The van der Waals surface area contributed by atoms with Crippen molar-refractivity contribution in [2.24, 2.45) is 0 Å². The summed E-state index contributed by atoms with van der Waals surface area (Å²) < 4.78 is 77.5. The number of hydrogen-bond acceptors (Lipinski definition) is 9. The van der Waals surface area contributed by atoms with Gasteiger partial charge >= 0.3 is 18.4 Å². The molecule has 3 aliphatic rings. The van der Waals surface area contributed by atoms with Crippen molar-refractivity contribution in [3.63, 3.8) is 0 Å². The highest BCUT2D eigenvalue weighted by molar-refractivity contribution is 5.95. The van der Waals surface area contributed by atoms with E-state index in [4.69, 9.17) is 4.74 Å².